The Labute approximate surface area is 97.1 Å². The summed E-state index contributed by atoms with van der Waals surface area (Å²) in [5, 5.41) is 9.56. The van der Waals surface area contributed by atoms with E-state index in [1.807, 2.05) is 48.5 Å². The minimum Gasteiger partial charge on any atom is -1.00 e. The molecule has 2 aromatic rings. The van der Waals surface area contributed by atoms with Crippen molar-refractivity contribution in [2.24, 2.45) is 0 Å². The Morgan fingerprint density at radius 2 is 1.36 bits per heavy atom. The van der Waals surface area contributed by atoms with Crippen LogP contribution in [0.5, 0.6) is 5.75 Å². The third-order valence-electron chi connectivity index (χ3n) is 1.99. The van der Waals surface area contributed by atoms with Gasteiger partial charge in [0.05, 0.1) is 0 Å². The van der Waals surface area contributed by atoms with Crippen LogP contribution >= 0.6 is 0 Å². The molecule has 0 fully saturated rings. The zero-order valence-corrected chi connectivity index (χ0v) is 8.14. The van der Waals surface area contributed by atoms with E-state index in [1.165, 1.54) is 0 Å². The van der Waals surface area contributed by atoms with Gasteiger partial charge in [0.1, 0.15) is 5.75 Å². The first kappa shape index (κ1) is 10.9. The van der Waals surface area contributed by atoms with Crippen LogP contribution in [0.2, 0.25) is 0 Å². The second kappa shape index (κ2) is 4.90. The van der Waals surface area contributed by atoms with E-state index >= 15 is 0 Å². The number of hydrogen-bond donors (Lipinski definition) is 1. The van der Waals surface area contributed by atoms with E-state index in [-0.39, 0.29) is 20.3 Å². The molecule has 0 heterocycles. The summed E-state index contributed by atoms with van der Waals surface area (Å²) >= 11 is 0. The van der Waals surface area contributed by atoms with Gasteiger partial charge >= 0.3 is 18.9 Å². The molecule has 0 aliphatic carbocycles. The fourth-order valence-corrected chi connectivity index (χ4v) is 1.34. The second-order valence-corrected chi connectivity index (χ2v) is 2.88. The third kappa shape index (κ3) is 2.20. The zero-order chi connectivity index (χ0) is 9.10. The van der Waals surface area contributed by atoms with Crippen LogP contribution in [0, 0.1) is 0 Å². The standard InChI is InChI=1S/C12H10O.Li.H/c13-12-9-5-4-8-11(12)10-6-2-1-3-7-10;;/h1-9,13H;;/q;+1;-1. The molecular formula is C12H11LiO. The van der Waals surface area contributed by atoms with Crippen molar-refractivity contribution in [3.63, 3.8) is 0 Å². The van der Waals surface area contributed by atoms with Crippen LogP contribution in [0.15, 0.2) is 54.6 Å². The quantitative estimate of drug-likeness (QED) is 0.617. The largest absolute Gasteiger partial charge is 1.00 e. The number of phenolic OH excluding ortho intramolecular Hbond substituents is 1. The predicted molar refractivity (Wildman–Crippen MR) is 54.7 cm³/mol. The Hall–Kier alpha value is -1.16. The van der Waals surface area contributed by atoms with Crippen molar-refractivity contribution < 1.29 is 25.4 Å². The van der Waals surface area contributed by atoms with E-state index in [0.29, 0.717) is 5.75 Å². The molecule has 66 valence electrons. The van der Waals surface area contributed by atoms with Crippen LogP contribution in [0.3, 0.4) is 0 Å². The van der Waals surface area contributed by atoms with E-state index < -0.39 is 0 Å². The van der Waals surface area contributed by atoms with Gasteiger partial charge in [-0.2, -0.15) is 0 Å². The summed E-state index contributed by atoms with van der Waals surface area (Å²) in [6, 6.07) is 17.2. The van der Waals surface area contributed by atoms with E-state index in [9.17, 15) is 5.11 Å². The fourth-order valence-electron chi connectivity index (χ4n) is 1.34. The molecule has 0 spiro atoms. The normalized spacial score (nSPS) is 9.14. The molecule has 1 nitrogen and oxygen atoms in total. The summed E-state index contributed by atoms with van der Waals surface area (Å²) in [5.74, 6) is 0.328. The molecule has 1 N–H and O–H groups in total. The van der Waals surface area contributed by atoms with Gasteiger partial charge in [-0.3, -0.25) is 0 Å². The monoisotopic (exact) mass is 178 g/mol. The van der Waals surface area contributed by atoms with Gasteiger partial charge in [-0.25, -0.2) is 0 Å². The number of aromatic hydroxyl groups is 1. The first-order valence-corrected chi connectivity index (χ1v) is 4.21. The Balaban J connectivity index is 0.000000980. The minimum atomic E-state index is 0. The molecule has 2 heteroatoms. The number of phenols is 1. The molecule has 0 bridgehead atoms. The van der Waals surface area contributed by atoms with Crippen LogP contribution in [0.25, 0.3) is 11.1 Å². The molecule has 0 aliphatic heterocycles. The zero-order valence-electron chi connectivity index (χ0n) is 9.14. The summed E-state index contributed by atoms with van der Waals surface area (Å²) in [7, 11) is 0. The van der Waals surface area contributed by atoms with Crippen LogP contribution in [0.4, 0.5) is 0 Å². The van der Waals surface area contributed by atoms with Crippen LogP contribution < -0.4 is 18.9 Å². The minimum absolute atomic E-state index is 0. The summed E-state index contributed by atoms with van der Waals surface area (Å²) < 4.78 is 0. The molecule has 0 amide bonds. The predicted octanol–water partition coefficient (Wildman–Crippen LogP) is 0.176. The SMILES string of the molecule is Oc1ccccc1-c1ccccc1.[H-].[Li+]. The average molecular weight is 178 g/mol. The van der Waals surface area contributed by atoms with Crippen LogP contribution in [-0.2, 0) is 0 Å². The maximum Gasteiger partial charge on any atom is 1.00 e. The van der Waals surface area contributed by atoms with Crippen molar-refractivity contribution in [3.8, 4) is 16.9 Å². The summed E-state index contributed by atoms with van der Waals surface area (Å²) in [6.45, 7) is 0. The van der Waals surface area contributed by atoms with Crippen molar-refractivity contribution in [1.29, 1.82) is 0 Å². The van der Waals surface area contributed by atoms with E-state index in [1.54, 1.807) is 6.07 Å². The van der Waals surface area contributed by atoms with Gasteiger partial charge in [-0.15, -0.1) is 0 Å². The molecule has 2 rings (SSSR count). The van der Waals surface area contributed by atoms with Gasteiger partial charge in [0, 0.05) is 5.56 Å². The van der Waals surface area contributed by atoms with Gasteiger partial charge in [-0.05, 0) is 11.6 Å². The van der Waals surface area contributed by atoms with Crippen molar-refractivity contribution in [3.05, 3.63) is 54.6 Å². The Morgan fingerprint density at radius 1 is 0.786 bits per heavy atom. The van der Waals surface area contributed by atoms with Crippen LogP contribution in [-0.4, -0.2) is 5.11 Å². The topological polar surface area (TPSA) is 20.2 Å². The maximum atomic E-state index is 9.56. The second-order valence-electron chi connectivity index (χ2n) is 2.88. The molecule has 0 aromatic heterocycles. The number of rotatable bonds is 1. The van der Waals surface area contributed by atoms with Gasteiger partial charge < -0.3 is 6.53 Å². The fraction of sp³-hybridized carbons (Fsp3) is 0. The molecular weight excluding hydrogens is 167 g/mol. The van der Waals surface area contributed by atoms with Gasteiger partial charge in [0.15, 0.2) is 0 Å². The van der Waals surface area contributed by atoms with Gasteiger partial charge in [0.2, 0.25) is 0 Å². The molecule has 0 radical (unpaired) electrons. The molecule has 14 heavy (non-hydrogen) atoms. The van der Waals surface area contributed by atoms with Crippen molar-refractivity contribution in [2.75, 3.05) is 0 Å². The average Bonchev–Trinajstić information content (AvgIpc) is 2.20. The van der Waals surface area contributed by atoms with Gasteiger partial charge in [-0.1, -0.05) is 48.5 Å². The molecule has 0 atom stereocenters. The number of benzene rings is 2. The number of hydrogen-bond acceptors (Lipinski definition) is 1. The Morgan fingerprint density at radius 3 is 2.00 bits per heavy atom. The summed E-state index contributed by atoms with van der Waals surface area (Å²) in [5.41, 5.74) is 1.92. The molecule has 0 aliphatic rings. The van der Waals surface area contributed by atoms with E-state index in [4.69, 9.17) is 0 Å². The smallest absolute Gasteiger partial charge is 1.00 e. The van der Waals surface area contributed by atoms with Crippen LogP contribution in [0.1, 0.15) is 1.43 Å². The van der Waals surface area contributed by atoms with Gasteiger partial charge in [0.25, 0.3) is 0 Å². The molecule has 0 saturated carbocycles. The number of para-hydroxylation sites is 1. The maximum absolute atomic E-state index is 9.56. The Kier molecular flexibility index (Phi) is 3.82. The van der Waals surface area contributed by atoms with E-state index in [2.05, 4.69) is 0 Å². The van der Waals surface area contributed by atoms with E-state index in [0.717, 1.165) is 11.1 Å². The first-order chi connectivity index (χ1) is 6.38. The van der Waals surface area contributed by atoms with Crippen molar-refractivity contribution in [1.82, 2.24) is 0 Å². The summed E-state index contributed by atoms with van der Waals surface area (Å²) in [4.78, 5) is 0. The molecule has 0 saturated heterocycles. The molecule has 0 unspecified atom stereocenters. The first-order valence-electron chi connectivity index (χ1n) is 4.21. The Bertz CT molecular complexity index is 403. The van der Waals surface area contributed by atoms with Crippen molar-refractivity contribution in [2.45, 2.75) is 0 Å². The van der Waals surface area contributed by atoms with Crippen molar-refractivity contribution >= 4 is 0 Å². The molecule has 2 aromatic carbocycles. The summed E-state index contributed by atoms with van der Waals surface area (Å²) in [6.07, 6.45) is 0. The third-order valence-corrected chi connectivity index (χ3v) is 1.99.